The van der Waals surface area contributed by atoms with Gasteiger partial charge in [-0.1, -0.05) is 50.8 Å². The highest BCUT2D eigenvalue weighted by Crippen LogP contribution is 2.16. The van der Waals surface area contributed by atoms with Crippen LogP contribution in [0.3, 0.4) is 0 Å². The van der Waals surface area contributed by atoms with E-state index in [9.17, 15) is 9.59 Å². The van der Waals surface area contributed by atoms with Gasteiger partial charge in [-0.15, -0.1) is 0 Å². The van der Waals surface area contributed by atoms with Crippen molar-refractivity contribution in [3.63, 3.8) is 0 Å². The number of nitrogens with one attached hydrogen (secondary N) is 2. The average Bonchev–Trinajstić information content (AvgIpc) is 2.49. The van der Waals surface area contributed by atoms with Gasteiger partial charge < -0.3 is 10.6 Å². The monoisotopic (exact) mass is 304 g/mol. The van der Waals surface area contributed by atoms with E-state index < -0.39 is 11.8 Å². The van der Waals surface area contributed by atoms with Crippen molar-refractivity contribution in [2.75, 3.05) is 11.9 Å². The number of hydrogen-bond donors (Lipinski definition) is 2. The van der Waals surface area contributed by atoms with E-state index in [1.54, 1.807) is 0 Å². The van der Waals surface area contributed by atoms with Crippen molar-refractivity contribution in [2.45, 2.75) is 53.4 Å². The molecule has 0 aliphatic rings. The number of carbonyl (C=O) groups excluding carboxylic acids is 2. The van der Waals surface area contributed by atoms with Crippen molar-refractivity contribution in [3.05, 3.63) is 29.3 Å². The van der Waals surface area contributed by atoms with Crippen LogP contribution in [-0.2, 0) is 9.59 Å². The fourth-order valence-corrected chi connectivity index (χ4v) is 2.39. The minimum absolute atomic E-state index is 0.442. The van der Waals surface area contributed by atoms with Crippen LogP contribution in [-0.4, -0.2) is 18.4 Å². The van der Waals surface area contributed by atoms with Crippen LogP contribution in [0.15, 0.2) is 18.2 Å². The molecule has 0 heterocycles. The summed E-state index contributed by atoms with van der Waals surface area (Å²) in [6, 6.07) is 5.72. The zero-order chi connectivity index (χ0) is 16.5. The molecule has 4 heteroatoms. The van der Waals surface area contributed by atoms with Gasteiger partial charge in [0.15, 0.2) is 0 Å². The first-order chi connectivity index (χ1) is 10.5. The molecule has 1 aromatic carbocycles. The van der Waals surface area contributed by atoms with Crippen molar-refractivity contribution < 1.29 is 9.59 Å². The quantitative estimate of drug-likeness (QED) is 0.757. The molecule has 2 amide bonds. The molecular formula is C18H28N2O2. The Bertz CT molecular complexity index is 512. The molecule has 0 saturated heterocycles. The van der Waals surface area contributed by atoms with Crippen LogP contribution in [0.4, 0.5) is 5.69 Å². The summed E-state index contributed by atoms with van der Waals surface area (Å²) in [5.74, 6) is -0.718. The largest absolute Gasteiger partial charge is 0.348 e. The predicted octanol–water partition coefficient (Wildman–Crippen LogP) is 3.57. The fourth-order valence-electron chi connectivity index (χ4n) is 2.39. The van der Waals surface area contributed by atoms with E-state index in [0.29, 0.717) is 18.2 Å². The van der Waals surface area contributed by atoms with E-state index in [0.717, 1.165) is 36.8 Å². The highest BCUT2D eigenvalue weighted by atomic mass is 16.2. The number of anilines is 1. The summed E-state index contributed by atoms with van der Waals surface area (Å²) in [6.45, 7) is 8.74. The zero-order valence-electron chi connectivity index (χ0n) is 14.2. The Morgan fingerprint density at radius 1 is 1.14 bits per heavy atom. The van der Waals surface area contributed by atoms with E-state index in [4.69, 9.17) is 0 Å². The third kappa shape index (κ3) is 5.88. The highest BCUT2D eigenvalue weighted by Gasteiger charge is 2.16. The SMILES string of the molecule is CCCC[C@H](CC)CNC(=O)C(=O)Nc1ccc(C)cc1C. The Morgan fingerprint density at radius 3 is 2.45 bits per heavy atom. The first-order valence-corrected chi connectivity index (χ1v) is 8.14. The lowest BCUT2D eigenvalue weighted by molar-refractivity contribution is -0.136. The maximum absolute atomic E-state index is 11.9. The summed E-state index contributed by atoms with van der Waals surface area (Å²) in [4.78, 5) is 23.8. The molecule has 0 aliphatic carbocycles. The van der Waals surface area contributed by atoms with Crippen LogP contribution in [0.25, 0.3) is 0 Å². The lowest BCUT2D eigenvalue weighted by Crippen LogP contribution is -2.38. The first-order valence-electron chi connectivity index (χ1n) is 8.14. The van der Waals surface area contributed by atoms with Crippen LogP contribution >= 0.6 is 0 Å². The van der Waals surface area contributed by atoms with E-state index in [1.165, 1.54) is 0 Å². The van der Waals surface area contributed by atoms with Gasteiger partial charge >= 0.3 is 11.8 Å². The second-order valence-electron chi connectivity index (χ2n) is 5.90. The van der Waals surface area contributed by atoms with Crippen molar-refractivity contribution in [1.29, 1.82) is 0 Å². The molecule has 0 fully saturated rings. The van der Waals surface area contributed by atoms with Gasteiger partial charge in [0.05, 0.1) is 0 Å². The third-order valence-corrected chi connectivity index (χ3v) is 3.93. The Balaban J connectivity index is 2.49. The van der Waals surface area contributed by atoms with Crippen molar-refractivity contribution in [1.82, 2.24) is 5.32 Å². The molecular weight excluding hydrogens is 276 g/mol. The third-order valence-electron chi connectivity index (χ3n) is 3.93. The summed E-state index contributed by atoms with van der Waals surface area (Å²) in [6.07, 6.45) is 4.41. The molecule has 4 nitrogen and oxygen atoms in total. The van der Waals surface area contributed by atoms with E-state index >= 15 is 0 Å². The topological polar surface area (TPSA) is 58.2 Å². The minimum atomic E-state index is -0.600. The van der Waals surface area contributed by atoms with E-state index in [-0.39, 0.29) is 0 Å². The molecule has 0 spiro atoms. The molecule has 122 valence electrons. The zero-order valence-corrected chi connectivity index (χ0v) is 14.2. The summed E-state index contributed by atoms with van der Waals surface area (Å²) in [5.41, 5.74) is 2.76. The van der Waals surface area contributed by atoms with Gasteiger partial charge in [0.25, 0.3) is 0 Å². The lowest BCUT2D eigenvalue weighted by atomic mass is 9.99. The van der Waals surface area contributed by atoms with Gasteiger partial charge in [-0.3, -0.25) is 9.59 Å². The summed E-state index contributed by atoms with van der Waals surface area (Å²) >= 11 is 0. The Kier molecular flexibility index (Phi) is 7.64. The average molecular weight is 304 g/mol. The molecule has 2 N–H and O–H groups in total. The molecule has 1 aromatic rings. The molecule has 22 heavy (non-hydrogen) atoms. The lowest BCUT2D eigenvalue weighted by Gasteiger charge is -2.15. The normalized spacial score (nSPS) is 11.8. The molecule has 0 unspecified atom stereocenters. The number of rotatable bonds is 7. The maximum Gasteiger partial charge on any atom is 0.313 e. The van der Waals surface area contributed by atoms with Crippen LogP contribution in [0, 0.1) is 19.8 Å². The standard InChI is InChI=1S/C18H28N2O2/c1-5-7-8-15(6-2)12-19-17(21)18(22)20-16-10-9-13(3)11-14(16)4/h9-11,15H,5-8,12H2,1-4H3,(H,19,21)(H,20,22)/t15-/m0/s1. The number of amides is 2. The maximum atomic E-state index is 11.9. The number of unbranched alkanes of at least 4 members (excludes halogenated alkanes) is 1. The summed E-state index contributed by atoms with van der Waals surface area (Å²) in [5, 5.41) is 5.41. The minimum Gasteiger partial charge on any atom is -0.348 e. The van der Waals surface area contributed by atoms with Crippen LogP contribution < -0.4 is 10.6 Å². The molecule has 0 bridgehead atoms. The highest BCUT2D eigenvalue weighted by molar-refractivity contribution is 6.39. The predicted molar refractivity (Wildman–Crippen MR) is 90.9 cm³/mol. The second-order valence-corrected chi connectivity index (χ2v) is 5.90. The van der Waals surface area contributed by atoms with Crippen LogP contribution in [0.5, 0.6) is 0 Å². The molecule has 0 radical (unpaired) electrons. The van der Waals surface area contributed by atoms with Crippen LogP contribution in [0.1, 0.15) is 50.7 Å². The fraction of sp³-hybridized carbons (Fsp3) is 0.556. The van der Waals surface area contributed by atoms with E-state index in [2.05, 4.69) is 24.5 Å². The van der Waals surface area contributed by atoms with Crippen molar-refractivity contribution >= 4 is 17.5 Å². The Hall–Kier alpha value is -1.84. The van der Waals surface area contributed by atoms with Crippen molar-refractivity contribution in [3.8, 4) is 0 Å². The smallest absolute Gasteiger partial charge is 0.313 e. The van der Waals surface area contributed by atoms with Crippen molar-refractivity contribution in [2.24, 2.45) is 5.92 Å². The second kappa shape index (κ2) is 9.23. The number of benzene rings is 1. The number of carbonyl (C=O) groups is 2. The first kappa shape index (κ1) is 18.2. The van der Waals surface area contributed by atoms with Gasteiger partial charge in [-0.2, -0.15) is 0 Å². The van der Waals surface area contributed by atoms with Gasteiger partial charge in [-0.25, -0.2) is 0 Å². The van der Waals surface area contributed by atoms with Gasteiger partial charge in [-0.05, 0) is 37.8 Å². The Morgan fingerprint density at radius 2 is 1.86 bits per heavy atom. The molecule has 0 aromatic heterocycles. The summed E-state index contributed by atoms with van der Waals surface area (Å²) in [7, 11) is 0. The Labute approximate surface area is 133 Å². The molecule has 0 aliphatic heterocycles. The molecule has 0 saturated carbocycles. The van der Waals surface area contributed by atoms with Crippen LogP contribution in [0.2, 0.25) is 0 Å². The summed E-state index contributed by atoms with van der Waals surface area (Å²) < 4.78 is 0. The number of hydrogen-bond acceptors (Lipinski definition) is 2. The molecule has 1 rings (SSSR count). The van der Waals surface area contributed by atoms with E-state index in [1.807, 2.05) is 32.0 Å². The van der Waals surface area contributed by atoms with Gasteiger partial charge in [0.1, 0.15) is 0 Å². The molecule has 1 atom stereocenters. The van der Waals surface area contributed by atoms with Gasteiger partial charge in [0.2, 0.25) is 0 Å². The number of aryl methyl sites for hydroxylation is 2. The van der Waals surface area contributed by atoms with Gasteiger partial charge in [0, 0.05) is 12.2 Å².